The van der Waals surface area contributed by atoms with Crippen LogP contribution >= 0.6 is 0 Å². The first-order valence-electron chi connectivity index (χ1n) is 8.79. The highest BCUT2D eigenvalue weighted by Crippen LogP contribution is 2.24. The van der Waals surface area contributed by atoms with Gasteiger partial charge in [0.25, 0.3) is 0 Å². The minimum atomic E-state index is -0.0260. The van der Waals surface area contributed by atoms with Gasteiger partial charge in [-0.3, -0.25) is 4.79 Å². The van der Waals surface area contributed by atoms with Crippen molar-refractivity contribution in [3.63, 3.8) is 0 Å². The molecule has 25 heavy (non-hydrogen) atoms. The summed E-state index contributed by atoms with van der Waals surface area (Å²) in [5.41, 5.74) is 2.98. The Labute approximate surface area is 148 Å². The Kier molecular flexibility index (Phi) is 5.88. The smallest absolute Gasteiger partial charge is 0.226 e. The van der Waals surface area contributed by atoms with Crippen LogP contribution in [0, 0.1) is 0 Å². The van der Waals surface area contributed by atoms with E-state index in [-0.39, 0.29) is 12.3 Å². The van der Waals surface area contributed by atoms with Crippen LogP contribution in [0.3, 0.4) is 0 Å². The zero-order valence-corrected chi connectivity index (χ0v) is 14.6. The molecule has 1 amide bonds. The Morgan fingerprint density at radius 2 is 2.24 bits per heavy atom. The molecule has 0 radical (unpaired) electrons. The van der Waals surface area contributed by atoms with E-state index in [1.165, 1.54) is 31.3 Å². The Bertz CT molecular complexity index is 749. The van der Waals surface area contributed by atoms with Gasteiger partial charge in [0.1, 0.15) is 5.75 Å². The number of benzene rings is 1. The van der Waals surface area contributed by atoms with Crippen LogP contribution < -0.4 is 10.1 Å². The summed E-state index contributed by atoms with van der Waals surface area (Å²) in [5.74, 6) is 1.36. The maximum Gasteiger partial charge on any atom is 0.226 e. The predicted molar refractivity (Wildman–Crippen MR) is 96.4 cm³/mol. The molecule has 0 aliphatic heterocycles. The summed E-state index contributed by atoms with van der Waals surface area (Å²) in [6, 6.07) is 9.37. The van der Waals surface area contributed by atoms with Gasteiger partial charge in [0.05, 0.1) is 19.2 Å². The van der Waals surface area contributed by atoms with Gasteiger partial charge in [-0.15, -0.1) is 0 Å². The van der Waals surface area contributed by atoms with Gasteiger partial charge in [0.15, 0.2) is 5.76 Å². The molecule has 5 nitrogen and oxygen atoms in total. The molecule has 0 unspecified atom stereocenters. The lowest BCUT2D eigenvalue weighted by Gasteiger charge is -2.12. The highest BCUT2D eigenvalue weighted by atomic mass is 16.5. The summed E-state index contributed by atoms with van der Waals surface area (Å²) in [7, 11) is 1.62. The number of carbonyl (C=O) groups is 1. The zero-order chi connectivity index (χ0) is 17.5. The van der Waals surface area contributed by atoms with Gasteiger partial charge in [-0.2, -0.15) is 0 Å². The second kappa shape index (κ2) is 8.51. The molecule has 3 rings (SSSR count). The molecule has 1 aromatic carbocycles. The minimum absolute atomic E-state index is 0.0260. The third-order valence-corrected chi connectivity index (χ3v) is 4.41. The molecule has 2 aromatic rings. The van der Waals surface area contributed by atoms with Gasteiger partial charge >= 0.3 is 0 Å². The lowest BCUT2D eigenvalue weighted by Crippen LogP contribution is -2.26. The van der Waals surface area contributed by atoms with E-state index >= 15 is 0 Å². The first kappa shape index (κ1) is 17.3. The third kappa shape index (κ3) is 4.95. The summed E-state index contributed by atoms with van der Waals surface area (Å²) < 4.78 is 10.6. The van der Waals surface area contributed by atoms with Crippen molar-refractivity contribution in [1.82, 2.24) is 10.5 Å². The van der Waals surface area contributed by atoms with Crippen LogP contribution in [-0.2, 0) is 11.2 Å². The van der Waals surface area contributed by atoms with Gasteiger partial charge in [-0.25, -0.2) is 0 Å². The molecule has 0 fully saturated rings. The molecule has 0 saturated carbocycles. The van der Waals surface area contributed by atoms with E-state index in [2.05, 4.69) is 16.5 Å². The monoisotopic (exact) mass is 340 g/mol. The van der Waals surface area contributed by atoms with E-state index in [9.17, 15) is 4.79 Å². The molecule has 0 saturated heterocycles. The Morgan fingerprint density at radius 1 is 1.32 bits per heavy atom. The van der Waals surface area contributed by atoms with Crippen LogP contribution in [-0.4, -0.2) is 24.7 Å². The molecule has 1 aromatic heterocycles. The largest absolute Gasteiger partial charge is 0.497 e. The zero-order valence-electron chi connectivity index (χ0n) is 14.6. The summed E-state index contributed by atoms with van der Waals surface area (Å²) in [5, 5.41) is 6.96. The van der Waals surface area contributed by atoms with Crippen LogP contribution in [0.25, 0.3) is 11.3 Å². The maximum absolute atomic E-state index is 12.1. The number of allylic oxidation sites excluding steroid dienone is 1. The molecular weight excluding hydrogens is 316 g/mol. The number of carbonyl (C=O) groups excluding carboxylic acids is 1. The average molecular weight is 340 g/mol. The Balaban J connectivity index is 1.50. The topological polar surface area (TPSA) is 64.4 Å². The molecule has 1 aliphatic rings. The fourth-order valence-corrected chi connectivity index (χ4v) is 3.03. The highest BCUT2D eigenvalue weighted by molar-refractivity contribution is 5.78. The quantitative estimate of drug-likeness (QED) is 0.777. The van der Waals surface area contributed by atoms with Crippen molar-refractivity contribution in [2.45, 2.75) is 38.5 Å². The molecule has 1 aliphatic carbocycles. The number of nitrogens with one attached hydrogen (secondary N) is 1. The second-order valence-corrected chi connectivity index (χ2v) is 6.30. The lowest BCUT2D eigenvalue weighted by atomic mass is 9.97. The third-order valence-electron chi connectivity index (χ3n) is 4.41. The summed E-state index contributed by atoms with van der Waals surface area (Å²) >= 11 is 0. The number of methoxy groups -OCH3 is 1. The van der Waals surface area contributed by atoms with Gasteiger partial charge < -0.3 is 14.6 Å². The van der Waals surface area contributed by atoms with Gasteiger partial charge in [-0.05, 0) is 44.2 Å². The summed E-state index contributed by atoms with van der Waals surface area (Å²) in [6.07, 6.45) is 8.39. The average Bonchev–Trinajstić information content (AvgIpc) is 3.11. The highest BCUT2D eigenvalue weighted by Gasteiger charge is 2.11. The van der Waals surface area contributed by atoms with E-state index in [0.29, 0.717) is 18.0 Å². The van der Waals surface area contributed by atoms with E-state index in [4.69, 9.17) is 9.26 Å². The van der Waals surface area contributed by atoms with Crippen molar-refractivity contribution >= 4 is 5.91 Å². The molecule has 1 N–H and O–H groups in total. The molecule has 0 atom stereocenters. The van der Waals surface area contributed by atoms with Gasteiger partial charge in [-0.1, -0.05) is 28.9 Å². The Hall–Kier alpha value is -2.56. The van der Waals surface area contributed by atoms with Gasteiger partial charge in [0, 0.05) is 18.2 Å². The molecular formula is C20H24N2O3. The van der Waals surface area contributed by atoms with Crippen molar-refractivity contribution in [1.29, 1.82) is 0 Å². The van der Waals surface area contributed by atoms with Crippen LogP contribution in [0.2, 0.25) is 0 Å². The number of nitrogens with zero attached hydrogens (tertiary/aromatic N) is 1. The van der Waals surface area contributed by atoms with Crippen molar-refractivity contribution in [3.05, 3.63) is 47.7 Å². The number of aromatic nitrogens is 1. The second-order valence-electron chi connectivity index (χ2n) is 6.30. The van der Waals surface area contributed by atoms with E-state index in [1.54, 1.807) is 13.2 Å². The van der Waals surface area contributed by atoms with Crippen LogP contribution in [0.5, 0.6) is 5.75 Å². The van der Waals surface area contributed by atoms with Crippen LogP contribution in [0.15, 0.2) is 46.5 Å². The van der Waals surface area contributed by atoms with Crippen molar-refractivity contribution < 1.29 is 14.1 Å². The Morgan fingerprint density at radius 3 is 3.04 bits per heavy atom. The first-order valence-corrected chi connectivity index (χ1v) is 8.79. The van der Waals surface area contributed by atoms with Crippen LogP contribution in [0.1, 0.15) is 37.8 Å². The van der Waals surface area contributed by atoms with Crippen molar-refractivity contribution in [2.24, 2.45) is 0 Å². The molecule has 5 heteroatoms. The van der Waals surface area contributed by atoms with E-state index in [1.807, 2.05) is 24.3 Å². The van der Waals surface area contributed by atoms with E-state index in [0.717, 1.165) is 17.7 Å². The van der Waals surface area contributed by atoms with Gasteiger partial charge in [0.2, 0.25) is 5.91 Å². The minimum Gasteiger partial charge on any atom is -0.497 e. The number of hydrogen-bond donors (Lipinski definition) is 1. The standard InChI is InChI=1S/C20H24N2O3/c1-24-18-9-5-8-16(12-18)19-13-17(22-25-19)14-20(23)21-11-10-15-6-3-2-4-7-15/h5-6,8-9,12-13H,2-4,7,10-11,14H2,1H3,(H,21,23). The fraction of sp³-hybridized carbons (Fsp3) is 0.400. The molecule has 132 valence electrons. The lowest BCUT2D eigenvalue weighted by molar-refractivity contribution is -0.120. The molecule has 0 spiro atoms. The molecule has 0 bridgehead atoms. The number of amides is 1. The number of rotatable bonds is 7. The maximum atomic E-state index is 12.1. The van der Waals surface area contributed by atoms with Crippen LogP contribution in [0.4, 0.5) is 0 Å². The normalized spacial score (nSPS) is 14.0. The summed E-state index contributed by atoms with van der Waals surface area (Å²) in [6.45, 7) is 0.686. The van der Waals surface area contributed by atoms with Crippen molar-refractivity contribution in [3.8, 4) is 17.1 Å². The van der Waals surface area contributed by atoms with E-state index < -0.39 is 0 Å². The predicted octanol–water partition coefficient (Wildman–Crippen LogP) is 3.90. The SMILES string of the molecule is COc1cccc(-c2cc(CC(=O)NCCC3=CCCCC3)no2)c1. The number of ether oxygens (including phenoxy) is 1. The van der Waals surface area contributed by atoms with Crippen molar-refractivity contribution in [2.75, 3.05) is 13.7 Å². The fourth-order valence-electron chi connectivity index (χ4n) is 3.03. The summed E-state index contributed by atoms with van der Waals surface area (Å²) in [4.78, 5) is 12.1. The molecule has 1 heterocycles. The first-order chi connectivity index (χ1) is 12.2. The number of hydrogen-bond acceptors (Lipinski definition) is 4.